The highest BCUT2D eigenvalue weighted by atomic mass is 16.5. The SMILES string of the molecule is Cc1cc(Oc2ccccc2)nc(NCc2nc(C(C)(C)O)n[nH]2)n1. The Kier molecular flexibility index (Phi) is 4.62. The first-order valence-corrected chi connectivity index (χ1v) is 7.87. The van der Waals surface area contributed by atoms with Crippen molar-refractivity contribution in [3.63, 3.8) is 0 Å². The van der Waals surface area contributed by atoms with Crippen molar-refractivity contribution in [3.05, 3.63) is 53.7 Å². The van der Waals surface area contributed by atoms with Gasteiger partial charge in [-0.1, -0.05) is 18.2 Å². The molecular weight excluding hydrogens is 320 g/mol. The van der Waals surface area contributed by atoms with Gasteiger partial charge in [-0.05, 0) is 32.9 Å². The molecule has 0 fully saturated rings. The van der Waals surface area contributed by atoms with Crippen molar-refractivity contribution in [2.24, 2.45) is 0 Å². The van der Waals surface area contributed by atoms with Gasteiger partial charge in [-0.15, -0.1) is 0 Å². The van der Waals surface area contributed by atoms with Gasteiger partial charge in [0.25, 0.3) is 0 Å². The second-order valence-electron chi connectivity index (χ2n) is 6.10. The number of ether oxygens (including phenoxy) is 1. The van der Waals surface area contributed by atoms with Gasteiger partial charge in [-0.2, -0.15) is 10.1 Å². The smallest absolute Gasteiger partial charge is 0.226 e. The minimum absolute atomic E-state index is 0.336. The third-order valence-electron chi connectivity index (χ3n) is 3.29. The van der Waals surface area contributed by atoms with Gasteiger partial charge in [0.15, 0.2) is 5.82 Å². The maximum Gasteiger partial charge on any atom is 0.226 e. The Morgan fingerprint density at radius 2 is 1.92 bits per heavy atom. The monoisotopic (exact) mass is 340 g/mol. The van der Waals surface area contributed by atoms with Gasteiger partial charge < -0.3 is 15.2 Å². The number of nitrogens with zero attached hydrogens (tertiary/aromatic N) is 4. The summed E-state index contributed by atoms with van der Waals surface area (Å²) >= 11 is 0. The number of hydrogen-bond acceptors (Lipinski definition) is 7. The van der Waals surface area contributed by atoms with Crippen LogP contribution in [0.3, 0.4) is 0 Å². The predicted molar refractivity (Wildman–Crippen MR) is 92.2 cm³/mol. The summed E-state index contributed by atoms with van der Waals surface area (Å²) in [7, 11) is 0. The molecule has 130 valence electrons. The van der Waals surface area contributed by atoms with Gasteiger partial charge in [0, 0.05) is 11.8 Å². The number of nitrogens with one attached hydrogen (secondary N) is 2. The van der Waals surface area contributed by atoms with E-state index in [0.29, 0.717) is 35.8 Å². The van der Waals surface area contributed by atoms with E-state index in [1.54, 1.807) is 19.9 Å². The average Bonchev–Trinajstić information content (AvgIpc) is 3.03. The van der Waals surface area contributed by atoms with Crippen LogP contribution in [-0.2, 0) is 12.1 Å². The van der Waals surface area contributed by atoms with E-state index in [1.165, 1.54) is 0 Å². The van der Waals surface area contributed by atoms with Gasteiger partial charge in [0.1, 0.15) is 17.2 Å². The fraction of sp³-hybridized carbons (Fsp3) is 0.294. The van der Waals surface area contributed by atoms with E-state index in [-0.39, 0.29) is 0 Å². The van der Waals surface area contributed by atoms with Crippen molar-refractivity contribution in [2.75, 3.05) is 5.32 Å². The number of aliphatic hydroxyl groups is 1. The second kappa shape index (κ2) is 6.86. The first-order chi connectivity index (χ1) is 11.9. The third kappa shape index (κ3) is 4.51. The van der Waals surface area contributed by atoms with Crippen molar-refractivity contribution in [1.29, 1.82) is 0 Å². The van der Waals surface area contributed by atoms with E-state index in [2.05, 4.69) is 30.5 Å². The predicted octanol–water partition coefficient (Wildman–Crippen LogP) is 2.53. The number of hydrogen-bond donors (Lipinski definition) is 3. The summed E-state index contributed by atoms with van der Waals surface area (Å²) in [6, 6.07) is 11.2. The molecule has 8 heteroatoms. The summed E-state index contributed by atoms with van der Waals surface area (Å²) in [6.45, 7) is 5.47. The molecule has 0 saturated carbocycles. The summed E-state index contributed by atoms with van der Waals surface area (Å²) in [6.07, 6.45) is 0. The van der Waals surface area contributed by atoms with Gasteiger partial charge in [-0.25, -0.2) is 9.97 Å². The van der Waals surface area contributed by atoms with Crippen molar-refractivity contribution in [3.8, 4) is 11.6 Å². The molecule has 0 bridgehead atoms. The van der Waals surface area contributed by atoms with Crippen molar-refractivity contribution < 1.29 is 9.84 Å². The highest BCUT2D eigenvalue weighted by molar-refractivity contribution is 5.33. The van der Waals surface area contributed by atoms with E-state index < -0.39 is 5.60 Å². The summed E-state index contributed by atoms with van der Waals surface area (Å²) in [4.78, 5) is 12.9. The fourth-order valence-electron chi connectivity index (χ4n) is 2.09. The van der Waals surface area contributed by atoms with Crippen LogP contribution in [-0.4, -0.2) is 30.3 Å². The van der Waals surface area contributed by atoms with Crippen LogP contribution >= 0.6 is 0 Å². The Balaban J connectivity index is 1.69. The highest BCUT2D eigenvalue weighted by Gasteiger charge is 2.21. The second-order valence-corrected chi connectivity index (χ2v) is 6.10. The van der Waals surface area contributed by atoms with Gasteiger partial charge in [0.2, 0.25) is 11.8 Å². The number of benzene rings is 1. The summed E-state index contributed by atoms with van der Waals surface area (Å²) < 4.78 is 5.74. The molecule has 1 aromatic carbocycles. The van der Waals surface area contributed by atoms with Gasteiger partial charge >= 0.3 is 0 Å². The molecule has 8 nitrogen and oxygen atoms in total. The zero-order chi connectivity index (χ0) is 17.9. The Labute approximate surface area is 145 Å². The van der Waals surface area contributed by atoms with Crippen molar-refractivity contribution in [1.82, 2.24) is 25.1 Å². The zero-order valence-corrected chi connectivity index (χ0v) is 14.3. The molecule has 25 heavy (non-hydrogen) atoms. The van der Waals surface area contributed by atoms with Crippen LogP contribution in [0.2, 0.25) is 0 Å². The largest absolute Gasteiger partial charge is 0.439 e. The van der Waals surface area contributed by atoms with Crippen LogP contribution in [0.15, 0.2) is 36.4 Å². The summed E-state index contributed by atoms with van der Waals surface area (Å²) in [5.41, 5.74) is -0.316. The number of anilines is 1. The lowest BCUT2D eigenvalue weighted by Gasteiger charge is -2.11. The van der Waals surface area contributed by atoms with Crippen molar-refractivity contribution in [2.45, 2.75) is 32.9 Å². The van der Waals surface area contributed by atoms with Crippen LogP contribution in [0.25, 0.3) is 0 Å². The molecule has 3 N–H and O–H groups in total. The Hall–Kier alpha value is -3.00. The number of aryl methyl sites for hydroxylation is 1. The van der Waals surface area contributed by atoms with Crippen LogP contribution in [0.4, 0.5) is 5.95 Å². The molecule has 0 aliphatic carbocycles. The maximum absolute atomic E-state index is 9.89. The van der Waals surface area contributed by atoms with Crippen LogP contribution in [0.1, 0.15) is 31.2 Å². The molecule has 0 aliphatic rings. The molecule has 0 saturated heterocycles. The number of aromatic amines is 1. The standard InChI is InChI=1S/C17H20N6O2/c1-11-9-14(25-12-7-5-4-6-8-12)21-16(19-11)18-10-13-20-15(23-22-13)17(2,3)24/h4-9,24H,10H2,1-3H3,(H,18,19,21)(H,20,22,23). The first kappa shape index (κ1) is 16.8. The molecule has 0 radical (unpaired) electrons. The van der Waals surface area contributed by atoms with Gasteiger partial charge in [0.05, 0.1) is 6.54 Å². The lowest BCUT2D eigenvalue weighted by molar-refractivity contribution is 0.0691. The number of aromatic nitrogens is 5. The molecular formula is C17H20N6O2. The molecule has 3 aromatic rings. The van der Waals surface area contributed by atoms with Gasteiger partial charge in [-0.3, -0.25) is 5.10 Å². The highest BCUT2D eigenvalue weighted by Crippen LogP contribution is 2.21. The third-order valence-corrected chi connectivity index (χ3v) is 3.29. The molecule has 0 atom stereocenters. The first-order valence-electron chi connectivity index (χ1n) is 7.87. The normalized spacial score (nSPS) is 11.4. The molecule has 2 heterocycles. The minimum Gasteiger partial charge on any atom is -0.439 e. The lowest BCUT2D eigenvalue weighted by Crippen LogP contribution is -2.17. The number of rotatable bonds is 6. The molecule has 0 amide bonds. The van der Waals surface area contributed by atoms with Crippen LogP contribution < -0.4 is 10.1 Å². The fourth-order valence-corrected chi connectivity index (χ4v) is 2.09. The van der Waals surface area contributed by atoms with E-state index in [4.69, 9.17) is 4.74 Å². The Bertz CT molecular complexity index is 842. The summed E-state index contributed by atoms with van der Waals surface area (Å²) in [5, 5.41) is 19.7. The molecule has 0 unspecified atom stereocenters. The van der Waals surface area contributed by atoms with E-state index >= 15 is 0 Å². The minimum atomic E-state index is -1.09. The lowest BCUT2D eigenvalue weighted by atomic mass is 10.1. The summed E-state index contributed by atoms with van der Waals surface area (Å²) in [5.74, 6) is 2.50. The topological polar surface area (TPSA) is 109 Å². The van der Waals surface area contributed by atoms with E-state index in [9.17, 15) is 5.11 Å². The molecule has 3 rings (SSSR count). The van der Waals surface area contributed by atoms with E-state index in [1.807, 2.05) is 37.3 Å². The molecule has 2 aromatic heterocycles. The molecule has 0 aliphatic heterocycles. The van der Waals surface area contributed by atoms with Crippen LogP contribution in [0, 0.1) is 6.92 Å². The zero-order valence-electron chi connectivity index (χ0n) is 14.3. The maximum atomic E-state index is 9.89. The number of para-hydroxylation sites is 1. The number of H-pyrrole nitrogens is 1. The molecule has 0 spiro atoms. The Morgan fingerprint density at radius 1 is 1.16 bits per heavy atom. The average molecular weight is 340 g/mol. The van der Waals surface area contributed by atoms with Crippen molar-refractivity contribution >= 4 is 5.95 Å². The Morgan fingerprint density at radius 3 is 2.60 bits per heavy atom. The van der Waals surface area contributed by atoms with E-state index in [0.717, 1.165) is 5.69 Å². The van der Waals surface area contributed by atoms with Crippen LogP contribution in [0.5, 0.6) is 11.6 Å². The quantitative estimate of drug-likeness (QED) is 0.632.